The third-order valence-corrected chi connectivity index (χ3v) is 3.78. The molecule has 5 heteroatoms. The molecule has 1 atom stereocenters. The van der Waals surface area contributed by atoms with E-state index in [4.69, 9.17) is 5.73 Å². The summed E-state index contributed by atoms with van der Waals surface area (Å²) in [5.41, 5.74) is 8.49. The van der Waals surface area contributed by atoms with Gasteiger partial charge in [-0.25, -0.2) is 0 Å². The van der Waals surface area contributed by atoms with E-state index in [1.165, 1.54) is 11.1 Å². The standard InChI is InChI=1S/C16H21N5/c1-2-8-20-12-14(9-19-20)15-10-18-16(17)21(15)11-13-6-4-3-5-7-13/h3-7,9,12,15H,2,8,10-11H2,1H3,(H2,17,18). The largest absolute Gasteiger partial charge is 0.370 e. The predicted octanol–water partition coefficient (Wildman–Crippen LogP) is 2.16. The summed E-state index contributed by atoms with van der Waals surface area (Å²) in [7, 11) is 0. The van der Waals surface area contributed by atoms with Gasteiger partial charge >= 0.3 is 0 Å². The average Bonchev–Trinajstić information content (AvgIpc) is 3.09. The van der Waals surface area contributed by atoms with Gasteiger partial charge in [0.15, 0.2) is 5.96 Å². The van der Waals surface area contributed by atoms with Crippen LogP contribution in [0.25, 0.3) is 0 Å². The predicted molar refractivity (Wildman–Crippen MR) is 83.7 cm³/mol. The molecule has 2 heterocycles. The molecule has 21 heavy (non-hydrogen) atoms. The van der Waals surface area contributed by atoms with Crippen LogP contribution in [0.5, 0.6) is 0 Å². The van der Waals surface area contributed by atoms with Crippen molar-refractivity contribution in [1.82, 2.24) is 14.7 Å². The Morgan fingerprint density at radius 2 is 2.10 bits per heavy atom. The fraction of sp³-hybridized carbons (Fsp3) is 0.375. The molecule has 0 bridgehead atoms. The van der Waals surface area contributed by atoms with Crippen LogP contribution in [-0.4, -0.2) is 27.2 Å². The van der Waals surface area contributed by atoms with Gasteiger partial charge in [-0.3, -0.25) is 9.67 Å². The molecule has 0 amide bonds. The number of nitrogens with two attached hydrogens (primary N) is 1. The number of hydrogen-bond acceptors (Lipinski definition) is 4. The highest BCUT2D eigenvalue weighted by Crippen LogP contribution is 2.26. The van der Waals surface area contributed by atoms with Crippen LogP contribution in [0.15, 0.2) is 47.7 Å². The second-order valence-corrected chi connectivity index (χ2v) is 5.36. The second kappa shape index (κ2) is 5.99. The minimum Gasteiger partial charge on any atom is -0.370 e. The van der Waals surface area contributed by atoms with Gasteiger partial charge in [0.1, 0.15) is 0 Å². The van der Waals surface area contributed by atoms with Gasteiger partial charge in [-0.1, -0.05) is 37.3 Å². The Labute approximate surface area is 125 Å². The molecule has 2 aromatic rings. The van der Waals surface area contributed by atoms with Crippen molar-refractivity contribution in [2.75, 3.05) is 6.54 Å². The van der Waals surface area contributed by atoms with E-state index in [0.717, 1.165) is 19.5 Å². The third-order valence-electron chi connectivity index (χ3n) is 3.78. The molecule has 0 fully saturated rings. The van der Waals surface area contributed by atoms with Crippen LogP contribution in [0.1, 0.15) is 30.5 Å². The van der Waals surface area contributed by atoms with Gasteiger partial charge in [-0.05, 0) is 12.0 Å². The number of aryl methyl sites for hydroxylation is 1. The van der Waals surface area contributed by atoms with Crippen LogP contribution in [0.2, 0.25) is 0 Å². The first kappa shape index (κ1) is 13.7. The molecule has 1 aliphatic heterocycles. The van der Waals surface area contributed by atoms with Crippen LogP contribution in [0.4, 0.5) is 0 Å². The Hall–Kier alpha value is -2.30. The van der Waals surface area contributed by atoms with Crippen LogP contribution in [-0.2, 0) is 13.1 Å². The minimum absolute atomic E-state index is 0.191. The van der Waals surface area contributed by atoms with E-state index in [1.54, 1.807) is 0 Å². The van der Waals surface area contributed by atoms with E-state index < -0.39 is 0 Å². The van der Waals surface area contributed by atoms with Crippen molar-refractivity contribution < 1.29 is 0 Å². The third kappa shape index (κ3) is 2.91. The smallest absolute Gasteiger partial charge is 0.192 e. The highest BCUT2D eigenvalue weighted by atomic mass is 15.3. The average molecular weight is 283 g/mol. The molecule has 0 radical (unpaired) electrons. The van der Waals surface area contributed by atoms with Crippen molar-refractivity contribution in [3.05, 3.63) is 53.9 Å². The first-order chi connectivity index (χ1) is 10.3. The summed E-state index contributed by atoms with van der Waals surface area (Å²) < 4.78 is 1.99. The molecule has 1 aliphatic rings. The fourth-order valence-corrected chi connectivity index (χ4v) is 2.69. The van der Waals surface area contributed by atoms with Crippen molar-refractivity contribution in [3.63, 3.8) is 0 Å². The molecule has 1 aromatic carbocycles. The lowest BCUT2D eigenvalue weighted by molar-refractivity contribution is 0.340. The maximum Gasteiger partial charge on any atom is 0.192 e. The maximum absolute atomic E-state index is 6.07. The number of guanidine groups is 1. The molecule has 5 nitrogen and oxygen atoms in total. The molecule has 0 saturated carbocycles. The lowest BCUT2D eigenvalue weighted by Gasteiger charge is -2.25. The Kier molecular flexibility index (Phi) is 3.90. The number of rotatable bonds is 5. The van der Waals surface area contributed by atoms with Gasteiger partial charge in [0, 0.05) is 24.8 Å². The van der Waals surface area contributed by atoms with Crippen molar-refractivity contribution in [1.29, 1.82) is 0 Å². The van der Waals surface area contributed by atoms with E-state index >= 15 is 0 Å². The van der Waals surface area contributed by atoms with E-state index in [9.17, 15) is 0 Å². The highest BCUT2D eigenvalue weighted by Gasteiger charge is 2.28. The molecular formula is C16H21N5. The Balaban J connectivity index is 1.78. The molecule has 0 aliphatic carbocycles. The summed E-state index contributed by atoms with van der Waals surface area (Å²) in [6, 6.07) is 10.5. The molecule has 1 aromatic heterocycles. The Morgan fingerprint density at radius 1 is 1.29 bits per heavy atom. The quantitative estimate of drug-likeness (QED) is 0.915. The SMILES string of the molecule is CCCn1cc(C2CN=C(N)N2Cc2ccccc2)cn1. The summed E-state index contributed by atoms with van der Waals surface area (Å²) in [6.07, 6.45) is 5.13. The molecule has 0 saturated heterocycles. The normalized spacial score (nSPS) is 18.0. The summed E-state index contributed by atoms with van der Waals surface area (Å²) in [6.45, 7) is 4.58. The Bertz CT molecular complexity index is 617. The van der Waals surface area contributed by atoms with Gasteiger partial charge in [0.2, 0.25) is 0 Å². The number of hydrogen-bond donors (Lipinski definition) is 1. The second-order valence-electron chi connectivity index (χ2n) is 5.36. The molecule has 110 valence electrons. The first-order valence-corrected chi connectivity index (χ1v) is 7.40. The number of benzene rings is 1. The van der Waals surface area contributed by atoms with Crippen LogP contribution in [0, 0.1) is 0 Å². The van der Waals surface area contributed by atoms with Gasteiger partial charge in [0.25, 0.3) is 0 Å². The molecular weight excluding hydrogens is 262 g/mol. The van der Waals surface area contributed by atoms with E-state index in [1.807, 2.05) is 29.1 Å². The van der Waals surface area contributed by atoms with Gasteiger partial charge in [0.05, 0.1) is 18.8 Å². The van der Waals surface area contributed by atoms with Crippen LogP contribution in [0.3, 0.4) is 0 Å². The van der Waals surface area contributed by atoms with Gasteiger partial charge in [-0.15, -0.1) is 0 Å². The lowest BCUT2D eigenvalue weighted by Crippen LogP contribution is -2.35. The van der Waals surface area contributed by atoms with Crippen molar-refractivity contribution in [3.8, 4) is 0 Å². The van der Waals surface area contributed by atoms with E-state index in [0.29, 0.717) is 12.5 Å². The Morgan fingerprint density at radius 3 is 2.86 bits per heavy atom. The van der Waals surface area contributed by atoms with E-state index in [-0.39, 0.29) is 6.04 Å². The van der Waals surface area contributed by atoms with Crippen molar-refractivity contribution >= 4 is 5.96 Å². The zero-order valence-electron chi connectivity index (χ0n) is 12.3. The number of nitrogens with zero attached hydrogens (tertiary/aromatic N) is 4. The topological polar surface area (TPSA) is 59.4 Å². The summed E-state index contributed by atoms with van der Waals surface area (Å²) in [4.78, 5) is 6.57. The van der Waals surface area contributed by atoms with Crippen molar-refractivity contribution in [2.24, 2.45) is 10.7 Å². The number of aromatic nitrogens is 2. The first-order valence-electron chi connectivity index (χ1n) is 7.40. The molecule has 2 N–H and O–H groups in total. The monoisotopic (exact) mass is 283 g/mol. The minimum atomic E-state index is 0.191. The lowest BCUT2D eigenvalue weighted by atomic mass is 10.1. The summed E-state index contributed by atoms with van der Waals surface area (Å²) >= 11 is 0. The highest BCUT2D eigenvalue weighted by molar-refractivity contribution is 5.80. The van der Waals surface area contributed by atoms with Crippen LogP contribution < -0.4 is 5.73 Å². The molecule has 3 rings (SSSR count). The van der Waals surface area contributed by atoms with Gasteiger partial charge < -0.3 is 10.6 Å². The number of aliphatic imine (C=N–C) groups is 1. The van der Waals surface area contributed by atoms with Crippen molar-refractivity contribution in [2.45, 2.75) is 32.5 Å². The summed E-state index contributed by atoms with van der Waals surface area (Å²) in [5, 5.41) is 4.42. The van der Waals surface area contributed by atoms with Gasteiger partial charge in [-0.2, -0.15) is 5.10 Å². The van der Waals surface area contributed by atoms with Crippen LogP contribution >= 0.6 is 0 Å². The molecule has 0 spiro atoms. The fourth-order valence-electron chi connectivity index (χ4n) is 2.69. The maximum atomic E-state index is 6.07. The molecule has 1 unspecified atom stereocenters. The zero-order valence-corrected chi connectivity index (χ0v) is 12.3. The van der Waals surface area contributed by atoms with E-state index in [2.05, 4.69) is 40.2 Å². The summed E-state index contributed by atoms with van der Waals surface area (Å²) in [5.74, 6) is 0.618. The zero-order chi connectivity index (χ0) is 14.7.